The van der Waals surface area contributed by atoms with Gasteiger partial charge in [-0.2, -0.15) is 0 Å². The molecule has 0 aliphatic carbocycles. The molecule has 0 fully saturated rings. The zero-order valence-corrected chi connectivity index (χ0v) is 11.5. The van der Waals surface area contributed by atoms with Crippen molar-refractivity contribution in [3.63, 3.8) is 0 Å². The molecule has 0 aliphatic heterocycles. The number of hydrogen-bond acceptors (Lipinski definition) is 3. The average Bonchev–Trinajstić information content (AvgIpc) is 2.88. The summed E-state index contributed by atoms with van der Waals surface area (Å²) in [5.41, 5.74) is 1.87. The van der Waals surface area contributed by atoms with Crippen LogP contribution >= 0.6 is 0 Å². The number of furan rings is 1. The Hall–Kier alpha value is -2.75. The first-order valence-electron chi connectivity index (χ1n) is 6.69. The van der Waals surface area contributed by atoms with E-state index in [0.29, 0.717) is 34.3 Å². The van der Waals surface area contributed by atoms with Crippen molar-refractivity contribution >= 4 is 16.9 Å². The monoisotopic (exact) mass is 282 g/mol. The number of carboxylic acids is 1. The minimum atomic E-state index is -1.06. The van der Waals surface area contributed by atoms with Crippen LogP contribution in [0.3, 0.4) is 0 Å². The van der Waals surface area contributed by atoms with E-state index in [1.807, 2.05) is 25.1 Å². The van der Waals surface area contributed by atoms with Crippen LogP contribution in [0.5, 0.6) is 5.75 Å². The Kier molecular flexibility index (Phi) is 3.14. The number of aryl methyl sites for hydroxylation is 1. The van der Waals surface area contributed by atoms with Crippen LogP contribution in [-0.2, 0) is 6.42 Å². The number of aromatic hydroxyl groups is 1. The lowest BCUT2D eigenvalue weighted by Gasteiger charge is -2.03. The minimum Gasteiger partial charge on any atom is -0.508 e. The summed E-state index contributed by atoms with van der Waals surface area (Å²) < 4.78 is 5.75. The Bertz CT molecular complexity index is 816. The molecule has 0 atom stereocenters. The summed E-state index contributed by atoms with van der Waals surface area (Å²) in [5, 5.41) is 20.0. The zero-order chi connectivity index (χ0) is 15.0. The van der Waals surface area contributed by atoms with Crippen LogP contribution in [0.4, 0.5) is 0 Å². The molecule has 1 heterocycles. The van der Waals surface area contributed by atoms with Crippen molar-refractivity contribution in [1.29, 1.82) is 0 Å². The molecule has 3 rings (SSSR count). The average molecular weight is 282 g/mol. The molecule has 0 saturated heterocycles. The molecule has 0 spiro atoms. The third-order valence-corrected chi connectivity index (χ3v) is 3.54. The van der Waals surface area contributed by atoms with Gasteiger partial charge in [0.15, 0.2) is 0 Å². The van der Waals surface area contributed by atoms with Gasteiger partial charge < -0.3 is 14.6 Å². The molecule has 0 saturated carbocycles. The summed E-state index contributed by atoms with van der Waals surface area (Å²) in [6.45, 7) is 1.87. The predicted octanol–water partition coefficient (Wildman–Crippen LogP) is 4.07. The van der Waals surface area contributed by atoms with E-state index in [1.165, 1.54) is 6.07 Å². The fourth-order valence-electron chi connectivity index (χ4n) is 2.60. The second-order valence-corrected chi connectivity index (χ2v) is 4.77. The van der Waals surface area contributed by atoms with Gasteiger partial charge in [0, 0.05) is 16.5 Å². The first-order chi connectivity index (χ1) is 10.1. The Morgan fingerprint density at radius 1 is 1.14 bits per heavy atom. The molecule has 0 bridgehead atoms. The summed E-state index contributed by atoms with van der Waals surface area (Å²) in [5.74, 6) is -0.654. The van der Waals surface area contributed by atoms with Crippen molar-refractivity contribution in [1.82, 2.24) is 0 Å². The maximum absolute atomic E-state index is 11.7. The summed E-state index contributed by atoms with van der Waals surface area (Å²) >= 11 is 0. The molecule has 106 valence electrons. The largest absolute Gasteiger partial charge is 0.508 e. The molecule has 3 aromatic rings. The number of phenolic OH excluding ortho intramolecular Hbond substituents is 1. The van der Waals surface area contributed by atoms with Crippen molar-refractivity contribution in [3.05, 3.63) is 53.6 Å². The quantitative estimate of drug-likeness (QED) is 0.759. The van der Waals surface area contributed by atoms with Crippen molar-refractivity contribution in [2.24, 2.45) is 0 Å². The van der Waals surface area contributed by atoms with Crippen LogP contribution in [0.15, 0.2) is 46.9 Å². The van der Waals surface area contributed by atoms with E-state index in [9.17, 15) is 15.0 Å². The Labute approximate surface area is 121 Å². The molecule has 0 radical (unpaired) electrons. The van der Waals surface area contributed by atoms with Gasteiger partial charge in [-0.1, -0.05) is 37.3 Å². The maximum Gasteiger partial charge on any atom is 0.340 e. The highest BCUT2D eigenvalue weighted by atomic mass is 16.4. The third-order valence-electron chi connectivity index (χ3n) is 3.54. The fourth-order valence-corrected chi connectivity index (χ4v) is 2.60. The molecule has 1 aromatic heterocycles. The van der Waals surface area contributed by atoms with Crippen LogP contribution in [0.2, 0.25) is 0 Å². The number of hydrogen-bond donors (Lipinski definition) is 2. The lowest BCUT2D eigenvalue weighted by molar-refractivity contribution is 0.0699. The highest BCUT2D eigenvalue weighted by Gasteiger charge is 2.24. The number of benzene rings is 2. The highest BCUT2D eigenvalue weighted by Crippen LogP contribution is 2.38. The van der Waals surface area contributed by atoms with E-state index >= 15 is 0 Å². The molecule has 0 unspecified atom stereocenters. The van der Waals surface area contributed by atoms with E-state index < -0.39 is 5.97 Å². The summed E-state index contributed by atoms with van der Waals surface area (Å²) in [6, 6.07) is 12.2. The van der Waals surface area contributed by atoms with E-state index in [1.54, 1.807) is 18.2 Å². The highest BCUT2D eigenvalue weighted by molar-refractivity contribution is 6.09. The van der Waals surface area contributed by atoms with Crippen LogP contribution in [0, 0.1) is 0 Å². The normalized spacial score (nSPS) is 10.9. The summed E-state index contributed by atoms with van der Waals surface area (Å²) in [7, 11) is 0. The number of rotatable bonds is 3. The topological polar surface area (TPSA) is 70.7 Å². The molecule has 2 aromatic carbocycles. The van der Waals surface area contributed by atoms with Crippen LogP contribution in [-0.4, -0.2) is 16.2 Å². The molecule has 21 heavy (non-hydrogen) atoms. The second kappa shape index (κ2) is 4.98. The molecule has 2 N–H and O–H groups in total. The van der Waals surface area contributed by atoms with Gasteiger partial charge in [-0.25, -0.2) is 4.79 Å². The van der Waals surface area contributed by atoms with Crippen molar-refractivity contribution < 1.29 is 19.4 Å². The molecular formula is C17H14O4. The van der Waals surface area contributed by atoms with Gasteiger partial charge in [0.1, 0.15) is 22.7 Å². The lowest BCUT2D eigenvalue weighted by Crippen LogP contribution is -1.99. The second-order valence-electron chi connectivity index (χ2n) is 4.77. The molecule has 0 amide bonds. The van der Waals surface area contributed by atoms with E-state index in [2.05, 4.69) is 0 Å². The third kappa shape index (κ3) is 2.05. The Morgan fingerprint density at radius 3 is 2.48 bits per heavy atom. The van der Waals surface area contributed by atoms with Gasteiger partial charge in [0.05, 0.1) is 0 Å². The van der Waals surface area contributed by atoms with Crippen molar-refractivity contribution in [2.75, 3.05) is 0 Å². The molecule has 4 nitrogen and oxygen atoms in total. The maximum atomic E-state index is 11.7. The van der Waals surface area contributed by atoms with Gasteiger partial charge in [-0.05, 0) is 18.6 Å². The van der Waals surface area contributed by atoms with Gasteiger partial charge in [-0.3, -0.25) is 0 Å². The SMILES string of the molecule is CCc1c(O)ccc2oc(-c3ccccc3)c(C(=O)O)c12. The van der Waals surface area contributed by atoms with Crippen molar-refractivity contribution in [2.45, 2.75) is 13.3 Å². The smallest absolute Gasteiger partial charge is 0.340 e. The molecular weight excluding hydrogens is 268 g/mol. The van der Waals surface area contributed by atoms with E-state index in [4.69, 9.17) is 4.42 Å². The summed E-state index contributed by atoms with van der Waals surface area (Å²) in [4.78, 5) is 11.7. The van der Waals surface area contributed by atoms with Gasteiger partial charge in [0.2, 0.25) is 0 Å². The number of phenols is 1. The number of aromatic carboxylic acids is 1. The predicted molar refractivity (Wildman–Crippen MR) is 79.7 cm³/mol. The fraction of sp³-hybridized carbons (Fsp3) is 0.118. The van der Waals surface area contributed by atoms with Gasteiger partial charge in [0.25, 0.3) is 0 Å². The van der Waals surface area contributed by atoms with Gasteiger partial charge >= 0.3 is 5.97 Å². The molecule has 4 heteroatoms. The number of carbonyl (C=O) groups is 1. The van der Waals surface area contributed by atoms with Crippen LogP contribution < -0.4 is 0 Å². The lowest BCUT2D eigenvalue weighted by atomic mass is 10.00. The first-order valence-corrected chi connectivity index (χ1v) is 6.69. The number of carboxylic acid groups (broad SMARTS) is 1. The first kappa shape index (κ1) is 13.2. The summed E-state index contributed by atoms with van der Waals surface area (Å²) in [6.07, 6.45) is 0.525. The molecule has 0 aliphatic rings. The standard InChI is InChI=1S/C17H14O4/c1-2-11-12(18)8-9-13-14(11)15(17(19)20)16(21-13)10-6-4-3-5-7-10/h3-9,18H,2H2,1H3,(H,19,20). The van der Waals surface area contributed by atoms with Crippen LogP contribution in [0.1, 0.15) is 22.8 Å². The Morgan fingerprint density at radius 2 is 1.86 bits per heavy atom. The Balaban J connectivity index is 2.42. The number of fused-ring (bicyclic) bond motifs is 1. The van der Waals surface area contributed by atoms with Crippen LogP contribution in [0.25, 0.3) is 22.3 Å². The van der Waals surface area contributed by atoms with E-state index in [-0.39, 0.29) is 11.3 Å². The minimum absolute atomic E-state index is 0.0907. The zero-order valence-electron chi connectivity index (χ0n) is 11.5. The van der Waals surface area contributed by atoms with Gasteiger partial charge in [-0.15, -0.1) is 0 Å². The van der Waals surface area contributed by atoms with Crippen molar-refractivity contribution in [3.8, 4) is 17.1 Å². The van der Waals surface area contributed by atoms with E-state index in [0.717, 1.165) is 0 Å².